The highest BCUT2D eigenvalue weighted by Gasteiger charge is 2.16. The Bertz CT molecular complexity index is 187. The van der Waals surface area contributed by atoms with E-state index in [4.69, 9.17) is 4.84 Å². The van der Waals surface area contributed by atoms with Crippen LogP contribution in [0.2, 0.25) is 0 Å². The van der Waals surface area contributed by atoms with Crippen molar-refractivity contribution in [2.75, 3.05) is 32.7 Å². The maximum atomic E-state index is 11.5. The molecule has 4 nitrogen and oxygen atoms in total. The van der Waals surface area contributed by atoms with E-state index in [0.29, 0.717) is 6.54 Å². The summed E-state index contributed by atoms with van der Waals surface area (Å²) in [6.07, 6.45) is 3.53. The molecule has 0 aromatic rings. The molecule has 0 spiro atoms. The number of piperidine rings is 1. The normalized spacial score (nSPS) is 18.1. The van der Waals surface area contributed by atoms with Gasteiger partial charge in [0.1, 0.15) is 0 Å². The Balaban J connectivity index is 2.21. The molecule has 1 heterocycles. The summed E-state index contributed by atoms with van der Waals surface area (Å²) < 4.78 is 0. The number of rotatable bonds is 5. The van der Waals surface area contributed by atoms with Gasteiger partial charge in [-0.3, -0.25) is 4.90 Å². The van der Waals surface area contributed by atoms with Gasteiger partial charge in [0.2, 0.25) is 0 Å². The van der Waals surface area contributed by atoms with Crippen molar-refractivity contribution in [3.05, 3.63) is 0 Å². The molecule has 0 aromatic carbocycles. The molecule has 0 N–H and O–H groups in total. The Labute approximate surface area is 92.1 Å². The van der Waals surface area contributed by atoms with Crippen LogP contribution < -0.4 is 0 Å². The van der Waals surface area contributed by atoms with Crippen LogP contribution >= 0.6 is 0 Å². The van der Waals surface area contributed by atoms with E-state index in [-0.39, 0.29) is 5.97 Å². The van der Waals surface area contributed by atoms with Crippen LogP contribution in [0.15, 0.2) is 0 Å². The van der Waals surface area contributed by atoms with Crippen LogP contribution in [0.3, 0.4) is 0 Å². The van der Waals surface area contributed by atoms with Crippen LogP contribution in [-0.2, 0) is 9.63 Å². The van der Waals surface area contributed by atoms with Crippen molar-refractivity contribution >= 4 is 5.97 Å². The number of hydroxylamine groups is 2. The molecular weight excluding hydrogens is 192 g/mol. The van der Waals surface area contributed by atoms with Gasteiger partial charge in [0.05, 0.1) is 6.54 Å². The van der Waals surface area contributed by atoms with E-state index in [1.54, 1.807) is 5.06 Å². The zero-order valence-corrected chi connectivity index (χ0v) is 9.87. The van der Waals surface area contributed by atoms with Gasteiger partial charge in [-0.25, -0.2) is 4.79 Å². The minimum Gasteiger partial charge on any atom is -0.367 e. The summed E-state index contributed by atoms with van der Waals surface area (Å²) in [7, 11) is 0. The van der Waals surface area contributed by atoms with Crippen LogP contribution in [0, 0.1) is 0 Å². The maximum Gasteiger partial charge on any atom is 0.339 e. The quantitative estimate of drug-likeness (QED) is 0.690. The molecule has 1 aliphatic rings. The fourth-order valence-electron chi connectivity index (χ4n) is 1.76. The third-order valence-corrected chi connectivity index (χ3v) is 2.79. The van der Waals surface area contributed by atoms with Crippen LogP contribution in [0.25, 0.3) is 0 Å². The Morgan fingerprint density at radius 2 is 1.80 bits per heavy atom. The molecule has 1 saturated heterocycles. The second-order valence-electron chi connectivity index (χ2n) is 3.91. The zero-order chi connectivity index (χ0) is 11.1. The van der Waals surface area contributed by atoms with E-state index in [1.807, 2.05) is 0 Å². The van der Waals surface area contributed by atoms with Gasteiger partial charge in [-0.15, -0.1) is 5.06 Å². The number of nitrogens with zero attached hydrogens (tertiary/aromatic N) is 2. The third kappa shape index (κ3) is 4.62. The predicted molar refractivity (Wildman–Crippen MR) is 59.3 cm³/mol. The number of hydrogen-bond donors (Lipinski definition) is 0. The van der Waals surface area contributed by atoms with E-state index in [9.17, 15) is 4.79 Å². The summed E-state index contributed by atoms with van der Waals surface area (Å²) in [5.41, 5.74) is 0. The first-order valence-electron chi connectivity index (χ1n) is 5.94. The van der Waals surface area contributed by atoms with Gasteiger partial charge in [-0.1, -0.05) is 20.3 Å². The Hall–Kier alpha value is -0.610. The monoisotopic (exact) mass is 214 g/mol. The lowest BCUT2D eigenvalue weighted by molar-refractivity contribution is -0.195. The summed E-state index contributed by atoms with van der Waals surface area (Å²) in [6.45, 7) is 8.09. The summed E-state index contributed by atoms with van der Waals surface area (Å²) >= 11 is 0. The van der Waals surface area contributed by atoms with Crippen molar-refractivity contribution in [2.24, 2.45) is 0 Å². The molecule has 88 valence electrons. The van der Waals surface area contributed by atoms with Crippen molar-refractivity contribution in [3.8, 4) is 0 Å². The Morgan fingerprint density at radius 3 is 2.33 bits per heavy atom. The Kier molecular flexibility index (Phi) is 5.65. The van der Waals surface area contributed by atoms with Crippen LogP contribution in [-0.4, -0.2) is 48.7 Å². The zero-order valence-electron chi connectivity index (χ0n) is 9.87. The minimum atomic E-state index is -0.124. The molecule has 0 atom stereocenters. The van der Waals surface area contributed by atoms with Gasteiger partial charge >= 0.3 is 5.97 Å². The molecule has 0 amide bonds. The maximum absolute atomic E-state index is 11.5. The van der Waals surface area contributed by atoms with Crippen molar-refractivity contribution in [1.82, 2.24) is 9.96 Å². The second kappa shape index (κ2) is 6.80. The molecule has 1 fully saturated rings. The lowest BCUT2D eigenvalue weighted by Gasteiger charge is -2.26. The molecule has 1 aliphatic heterocycles. The van der Waals surface area contributed by atoms with E-state index in [1.165, 1.54) is 6.42 Å². The molecule has 0 radical (unpaired) electrons. The second-order valence-corrected chi connectivity index (χ2v) is 3.91. The average Bonchev–Trinajstić information content (AvgIpc) is 2.27. The lowest BCUT2D eigenvalue weighted by atomic mass is 10.2. The molecule has 0 bridgehead atoms. The smallest absolute Gasteiger partial charge is 0.339 e. The van der Waals surface area contributed by atoms with E-state index >= 15 is 0 Å². The minimum absolute atomic E-state index is 0.124. The SMILES string of the molecule is CCN(CC)CC(=O)ON1CCCCC1. The summed E-state index contributed by atoms with van der Waals surface area (Å²) in [5.74, 6) is -0.124. The van der Waals surface area contributed by atoms with Crippen LogP contribution in [0.4, 0.5) is 0 Å². The highest BCUT2D eigenvalue weighted by Crippen LogP contribution is 2.08. The molecule has 0 unspecified atom stereocenters. The van der Waals surface area contributed by atoms with Crippen molar-refractivity contribution in [2.45, 2.75) is 33.1 Å². The summed E-state index contributed by atoms with van der Waals surface area (Å²) in [4.78, 5) is 18.9. The van der Waals surface area contributed by atoms with Gasteiger partial charge in [-0.2, -0.15) is 0 Å². The first-order chi connectivity index (χ1) is 7.26. The average molecular weight is 214 g/mol. The van der Waals surface area contributed by atoms with Gasteiger partial charge in [0.25, 0.3) is 0 Å². The summed E-state index contributed by atoms with van der Waals surface area (Å²) in [5, 5.41) is 1.80. The van der Waals surface area contributed by atoms with Crippen LogP contribution in [0.1, 0.15) is 33.1 Å². The third-order valence-electron chi connectivity index (χ3n) is 2.79. The van der Waals surface area contributed by atoms with Gasteiger partial charge in [0.15, 0.2) is 0 Å². The van der Waals surface area contributed by atoms with E-state index < -0.39 is 0 Å². The molecule has 15 heavy (non-hydrogen) atoms. The number of hydrogen-bond acceptors (Lipinski definition) is 4. The number of carbonyl (C=O) groups excluding carboxylic acids is 1. The largest absolute Gasteiger partial charge is 0.367 e. The van der Waals surface area contributed by atoms with Gasteiger partial charge in [0, 0.05) is 13.1 Å². The van der Waals surface area contributed by atoms with E-state index in [0.717, 1.165) is 39.0 Å². The summed E-state index contributed by atoms with van der Waals surface area (Å²) in [6, 6.07) is 0. The molecule has 0 aliphatic carbocycles. The fourth-order valence-corrected chi connectivity index (χ4v) is 1.76. The van der Waals surface area contributed by atoms with E-state index in [2.05, 4.69) is 18.7 Å². The number of carbonyl (C=O) groups is 1. The molecule has 1 rings (SSSR count). The topological polar surface area (TPSA) is 32.8 Å². The number of likely N-dealkylation sites (N-methyl/N-ethyl adjacent to an activating group) is 1. The standard InChI is InChI=1S/C11H22N2O2/c1-3-12(4-2)10-11(14)15-13-8-6-5-7-9-13/h3-10H2,1-2H3. The Morgan fingerprint density at radius 1 is 1.20 bits per heavy atom. The predicted octanol–water partition coefficient (Wildman–Crippen LogP) is 1.27. The highest BCUT2D eigenvalue weighted by molar-refractivity contribution is 5.71. The van der Waals surface area contributed by atoms with Crippen molar-refractivity contribution in [3.63, 3.8) is 0 Å². The van der Waals surface area contributed by atoms with Gasteiger partial charge < -0.3 is 4.84 Å². The molecule has 0 aromatic heterocycles. The fraction of sp³-hybridized carbons (Fsp3) is 0.909. The lowest BCUT2D eigenvalue weighted by Crippen LogP contribution is -2.37. The first-order valence-corrected chi connectivity index (χ1v) is 5.94. The first kappa shape index (κ1) is 12.5. The van der Waals surface area contributed by atoms with Gasteiger partial charge in [-0.05, 0) is 25.9 Å². The molecular formula is C11H22N2O2. The van der Waals surface area contributed by atoms with Crippen molar-refractivity contribution in [1.29, 1.82) is 0 Å². The molecule has 4 heteroatoms. The van der Waals surface area contributed by atoms with Crippen LogP contribution in [0.5, 0.6) is 0 Å². The molecule has 0 saturated carbocycles. The van der Waals surface area contributed by atoms with Crippen molar-refractivity contribution < 1.29 is 9.63 Å². The highest BCUT2D eigenvalue weighted by atomic mass is 16.7.